The van der Waals surface area contributed by atoms with Crippen LogP contribution in [0.1, 0.15) is 22.5 Å². The predicted molar refractivity (Wildman–Crippen MR) is 105 cm³/mol. The van der Waals surface area contributed by atoms with Crippen molar-refractivity contribution < 1.29 is 19.7 Å². The van der Waals surface area contributed by atoms with E-state index in [-0.39, 0.29) is 12.5 Å². The van der Waals surface area contributed by atoms with Crippen molar-refractivity contribution in [1.82, 2.24) is 9.88 Å². The minimum Gasteiger partial charge on any atom is -0.486 e. The molecular formula is C21H23N3O4. The molecule has 2 aliphatic rings. The number of hydrogen-bond donors (Lipinski definition) is 3. The number of aromatic nitrogens is 1. The third kappa shape index (κ3) is 3.52. The van der Waals surface area contributed by atoms with Crippen molar-refractivity contribution in [2.45, 2.75) is 19.1 Å². The Kier molecular flexibility index (Phi) is 5.13. The maximum Gasteiger partial charge on any atom is 0.260 e. The van der Waals surface area contributed by atoms with E-state index in [1.54, 1.807) is 0 Å². The first kappa shape index (κ1) is 18.6. The van der Waals surface area contributed by atoms with Gasteiger partial charge < -0.3 is 25.2 Å². The van der Waals surface area contributed by atoms with Crippen molar-refractivity contribution in [2.75, 3.05) is 32.1 Å². The van der Waals surface area contributed by atoms with Crippen LogP contribution in [-0.4, -0.2) is 58.9 Å². The molecule has 28 heavy (non-hydrogen) atoms. The Balaban J connectivity index is 1.54. The highest BCUT2D eigenvalue weighted by Gasteiger charge is 2.32. The van der Waals surface area contributed by atoms with Gasteiger partial charge in [-0.15, -0.1) is 0 Å². The monoisotopic (exact) mass is 381 g/mol. The second-order valence-electron chi connectivity index (χ2n) is 7.14. The van der Waals surface area contributed by atoms with Gasteiger partial charge in [0.25, 0.3) is 5.91 Å². The minimum atomic E-state index is -0.735. The normalized spacial score (nSPS) is 18.6. The van der Waals surface area contributed by atoms with Crippen LogP contribution in [0.3, 0.4) is 0 Å². The number of carbonyl (C=O) groups is 1. The molecule has 1 unspecified atom stereocenters. The summed E-state index contributed by atoms with van der Waals surface area (Å²) in [5, 5.41) is 21.3. The summed E-state index contributed by atoms with van der Waals surface area (Å²) in [6.45, 7) is 1.23. The van der Waals surface area contributed by atoms with Gasteiger partial charge in [0.2, 0.25) is 0 Å². The Hall–Kier alpha value is -2.74. The Bertz CT molecular complexity index is 941. The number of likely N-dealkylation sites (N-methyl/N-ethyl adjacent to an activating group) is 1. The first-order chi connectivity index (χ1) is 13.6. The van der Waals surface area contributed by atoms with E-state index >= 15 is 0 Å². The fourth-order valence-corrected chi connectivity index (χ4v) is 3.58. The van der Waals surface area contributed by atoms with E-state index in [9.17, 15) is 9.90 Å². The first-order valence-electron chi connectivity index (χ1n) is 9.31. The maximum absolute atomic E-state index is 12.5. The molecule has 2 aromatic rings. The van der Waals surface area contributed by atoms with Gasteiger partial charge in [-0.1, -0.05) is 18.2 Å². The summed E-state index contributed by atoms with van der Waals surface area (Å²) in [6.07, 6.45) is -0.0158. The zero-order chi connectivity index (χ0) is 19.7. The Labute approximate surface area is 163 Å². The molecule has 1 aromatic heterocycles. The second-order valence-corrected chi connectivity index (χ2v) is 7.14. The number of ether oxygens (including phenoxy) is 1. The Morgan fingerprint density at radius 1 is 1.25 bits per heavy atom. The molecule has 1 amide bonds. The van der Waals surface area contributed by atoms with Crippen LogP contribution in [0.4, 0.5) is 5.69 Å². The van der Waals surface area contributed by atoms with Crippen molar-refractivity contribution in [2.24, 2.45) is 0 Å². The fourth-order valence-electron chi connectivity index (χ4n) is 3.58. The number of pyridine rings is 1. The van der Waals surface area contributed by atoms with E-state index < -0.39 is 6.10 Å². The zero-order valence-corrected chi connectivity index (χ0v) is 15.7. The average molecular weight is 381 g/mol. The molecule has 3 N–H and O–H groups in total. The summed E-state index contributed by atoms with van der Waals surface area (Å²) < 4.78 is 5.87. The lowest BCUT2D eigenvalue weighted by Gasteiger charge is -2.19. The second kappa shape index (κ2) is 7.71. The fraction of sp³-hybridized carbons (Fsp3) is 0.333. The number of aliphatic hydroxyl groups is 2. The number of hydrogen-bond acceptors (Lipinski definition) is 6. The summed E-state index contributed by atoms with van der Waals surface area (Å²) in [7, 11) is 1.90. The summed E-state index contributed by atoms with van der Waals surface area (Å²) in [4.78, 5) is 19.1. The number of carbonyl (C=O) groups excluding carboxylic acids is 1. The topological polar surface area (TPSA) is 94.9 Å². The highest BCUT2D eigenvalue weighted by Crippen LogP contribution is 2.40. The van der Waals surface area contributed by atoms with Crippen LogP contribution in [0.2, 0.25) is 0 Å². The third-order valence-electron chi connectivity index (χ3n) is 5.01. The standard InChI is InChI=1S/C21H23N3O4/c1-24(10-14(26)11-25)9-8-13-6-7-16-18(22-13)12-28-20(16)19-15-4-2-3-5-17(15)23-21(19)27/h2-7,14,25-26H,8-12H2,1H3,(H,23,27). The average Bonchev–Trinajstić information content (AvgIpc) is 3.25. The van der Waals surface area contributed by atoms with Crippen LogP contribution in [0, 0.1) is 0 Å². The lowest BCUT2D eigenvalue weighted by Crippen LogP contribution is -2.32. The van der Waals surface area contributed by atoms with Gasteiger partial charge in [0.15, 0.2) is 0 Å². The number of fused-ring (bicyclic) bond motifs is 2. The van der Waals surface area contributed by atoms with Crippen LogP contribution in [-0.2, 0) is 22.6 Å². The number of anilines is 1. The van der Waals surface area contributed by atoms with E-state index in [0.717, 1.165) is 34.6 Å². The van der Waals surface area contributed by atoms with E-state index in [1.807, 2.05) is 48.3 Å². The largest absolute Gasteiger partial charge is 0.486 e. The van der Waals surface area contributed by atoms with Crippen molar-refractivity contribution >= 4 is 22.9 Å². The Morgan fingerprint density at radius 3 is 2.89 bits per heavy atom. The van der Waals surface area contributed by atoms with E-state index in [2.05, 4.69) is 5.32 Å². The number of nitrogens with one attached hydrogen (secondary N) is 1. The SMILES string of the molecule is CN(CCc1ccc2c(n1)COC2=C1C(=O)Nc2ccccc21)CC(O)CO. The summed E-state index contributed by atoms with van der Waals surface area (Å²) in [6, 6.07) is 11.5. The lowest BCUT2D eigenvalue weighted by atomic mass is 10.0. The molecule has 7 nitrogen and oxygen atoms in total. The number of rotatable bonds is 6. The number of para-hydroxylation sites is 1. The molecule has 0 spiro atoms. The van der Waals surface area contributed by atoms with Crippen LogP contribution in [0.25, 0.3) is 11.3 Å². The van der Waals surface area contributed by atoms with Gasteiger partial charge in [-0.05, 0) is 25.2 Å². The van der Waals surface area contributed by atoms with Crippen molar-refractivity contribution in [3.8, 4) is 0 Å². The summed E-state index contributed by atoms with van der Waals surface area (Å²) in [5.41, 5.74) is 4.81. The van der Waals surface area contributed by atoms with Gasteiger partial charge in [0.1, 0.15) is 12.4 Å². The number of benzene rings is 1. The highest BCUT2D eigenvalue weighted by atomic mass is 16.5. The molecule has 0 saturated heterocycles. The molecule has 7 heteroatoms. The smallest absolute Gasteiger partial charge is 0.260 e. The summed E-state index contributed by atoms with van der Waals surface area (Å²) >= 11 is 0. The van der Waals surface area contributed by atoms with Crippen LogP contribution >= 0.6 is 0 Å². The predicted octanol–water partition coefficient (Wildman–Crippen LogP) is 1.26. The van der Waals surface area contributed by atoms with Crippen molar-refractivity contribution in [3.63, 3.8) is 0 Å². The molecular weight excluding hydrogens is 358 g/mol. The molecule has 0 fully saturated rings. The number of amides is 1. The van der Waals surface area contributed by atoms with Crippen LogP contribution in [0.5, 0.6) is 0 Å². The lowest BCUT2D eigenvalue weighted by molar-refractivity contribution is -0.110. The van der Waals surface area contributed by atoms with Gasteiger partial charge in [-0.3, -0.25) is 9.78 Å². The zero-order valence-electron chi connectivity index (χ0n) is 15.7. The highest BCUT2D eigenvalue weighted by molar-refractivity contribution is 6.36. The molecule has 0 radical (unpaired) electrons. The number of nitrogens with zero attached hydrogens (tertiary/aromatic N) is 2. The third-order valence-corrected chi connectivity index (χ3v) is 5.01. The van der Waals surface area contributed by atoms with Crippen molar-refractivity contribution in [3.05, 3.63) is 58.9 Å². The quantitative estimate of drug-likeness (QED) is 0.652. The van der Waals surface area contributed by atoms with Gasteiger partial charge in [-0.25, -0.2) is 0 Å². The molecule has 0 saturated carbocycles. The molecule has 2 aliphatic heterocycles. The molecule has 3 heterocycles. The van der Waals surface area contributed by atoms with Crippen LogP contribution < -0.4 is 5.32 Å². The van der Waals surface area contributed by atoms with Crippen LogP contribution in [0.15, 0.2) is 36.4 Å². The Morgan fingerprint density at radius 2 is 2.07 bits per heavy atom. The number of aliphatic hydroxyl groups excluding tert-OH is 2. The first-order valence-corrected chi connectivity index (χ1v) is 9.31. The summed E-state index contributed by atoms with van der Waals surface area (Å²) in [5.74, 6) is 0.428. The van der Waals surface area contributed by atoms with E-state index in [1.165, 1.54) is 0 Å². The van der Waals surface area contributed by atoms with Gasteiger partial charge >= 0.3 is 0 Å². The van der Waals surface area contributed by atoms with E-state index in [0.29, 0.717) is 31.0 Å². The van der Waals surface area contributed by atoms with Gasteiger partial charge in [-0.2, -0.15) is 0 Å². The molecule has 146 valence electrons. The van der Waals surface area contributed by atoms with E-state index in [4.69, 9.17) is 14.8 Å². The minimum absolute atomic E-state index is 0.155. The maximum atomic E-state index is 12.5. The van der Waals surface area contributed by atoms with Gasteiger partial charge in [0, 0.05) is 42.0 Å². The van der Waals surface area contributed by atoms with Crippen molar-refractivity contribution in [1.29, 1.82) is 0 Å². The molecule has 1 atom stereocenters. The molecule has 0 aliphatic carbocycles. The molecule has 1 aromatic carbocycles. The van der Waals surface area contributed by atoms with Gasteiger partial charge in [0.05, 0.1) is 24.0 Å². The molecule has 4 rings (SSSR count). The molecule has 0 bridgehead atoms.